The van der Waals surface area contributed by atoms with Crippen molar-refractivity contribution in [2.24, 2.45) is 5.92 Å². The normalized spacial score (nSPS) is 13.9. The van der Waals surface area contributed by atoms with Crippen molar-refractivity contribution in [2.75, 3.05) is 13.2 Å². The number of rotatable bonds is 13. The summed E-state index contributed by atoms with van der Waals surface area (Å²) in [7, 11) is -6.31. The molecule has 0 heterocycles. The average molecular weight is 547 g/mol. The van der Waals surface area contributed by atoms with Gasteiger partial charge in [0.25, 0.3) is 8.32 Å². The van der Waals surface area contributed by atoms with Crippen molar-refractivity contribution in [1.29, 1.82) is 0 Å². The number of esters is 1. The van der Waals surface area contributed by atoms with Crippen LogP contribution in [0.5, 0.6) is 0 Å². The molecule has 0 spiro atoms. The molecule has 0 saturated heterocycles. The lowest BCUT2D eigenvalue weighted by molar-refractivity contribution is -0.142. The average Bonchev–Trinajstić information content (AvgIpc) is 2.80. The Hall–Kier alpha value is -2.02. The highest BCUT2D eigenvalue weighted by atomic mass is 31.2. The monoisotopic (exact) mass is 546 g/mol. The molecule has 0 saturated carbocycles. The van der Waals surface area contributed by atoms with Gasteiger partial charge >= 0.3 is 13.6 Å². The summed E-state index contributed by atoms with van der Waals surface area (Å²) in [5.74, 6) is 0.741. The van der Waals surface area contributed by atoms with Crippen LogP contribution in [0, 0.1) is 5.92 Å². The molecule has 37 heavy (non-hydrogen) atoms. The van der Waals surface area contributed by atoms with E-state index in [0.717, 1.165) is 10.4 Å². The fourth-order valence-corrected chi connectivity index (χ4v) is 10.7. The molecule has 6 nitrogen and oxygen atoms in total. The molecule has 0 bridgehead atoms. The van der Waals surface area contributed by atoms with E-state index in [2.05, 4.69) is 45.0 Å². The Morgan fingerprint density at radius 3 is 1.70 bits per heavy atom. The molecule has 2 aromatic carbocycles. The van der Waals surface area contributed by atoms with Crippen LogP contribution in [0.25, 0.3) is 0 Å². The van der Waals surface area contributed by atoms with E-state index >= 15 is 0 Å². The van der Waals surface area contributed by atoms with Gasteiger partial charge in [0.05, 0.1) is 18.8 Å². The van der Waals surface area contributed by atoms with Crippen LogP contribution in [0.4, 0.5) is 0 Å². The van der Waals surface area contributed by atoms with Crippen LogP contribution in [0.15, 0.2) is 72.6 Å². The third kappa shape index (κ3) is 9.04. The number of hydrogen-bond donors (Lipinski definition) is 0. The second-order valence-corrected chi connectivity index (χ2v) is 16.8. The van der Waals surface area contributed by atoms with E-state index in [1.807, 2.05) is 64.1 Å². The molecule has 0 aliphatic heterocycles. The highest BCUT2D eigenvalue weighted by Gasteiger charge is 2.50. The van der Waals surface area contributed by atoms with Crippen LogP contribution in [0.3, 0.4) is 0 Å². The summed E-state index contributed by atoms with van der Waals surface area (Å²) in [6.07, 6.45) is 1.18. The van der Waals surface area contributed by atoms with Gasteiger partial charge in [-0.25, -0.2) is 0 Å². The Kier molecular flexibility index (Phi) is 11.5. The maximum atomic E-state index is 13.4. The minimum absolute atomic E-state index is 0.0907. The zero-order valence-corrected chi connectivity index (χ0v) is 25.4. The molecule has 204 valence electrons. The van der Waals surface area contributed by atoms with E-state index in [-0.39, 0.29) is 42.3 Å². The van der Waals surface area contributed by atoms with Crippen molar-refractivity contribution >= 4 is 32.3 Å². The van der Waals surface area contributed by atoms with E-state index in [4.69, 9.17) is 18.2 Å². The molecule has 0 aromatic heterocycles. The van der Waals surface area contributed by atoms with Crippen LogP contribution in [-0.2, 0) is 27.6 Å². The van der Waals surface area contributed by atoms with Crippen LogP contribution in [-0.4, -0.2) is 39.7 Å². The Morgan fingerprint density at radius 1 is 0.865 bits per heavy atom. The van der Waals surface area contributed by atoms with Crippen molar-refractivity contribution in [3.63, 3.8) is 0 Å². The van der Waals surface area contributed by atoms with Gasteiger partial charge < -0.3 is 18.2 Å². The summed E-state index contributed by atoms with van der Waals surface area (Å²) in [6, 6.07) is 20.7. The molecule has 0 aliphatic rings. The van der Waals surface area contributed by atoms with Gasteiger partial charge in [-0.1, -0.05) is 87.5 Å². The first kappa shape index (κ1) is 31.2. The summed E-state index contributed by atoms with van der Waals surface area (Å²) in [4.78, 5) is 11.7. The largest absolute Gasteiger partial charge is 0.465 e. The molecule has 1 atom stereocenters. The first-order valence-electron chi connectivity index (χ1n) is 12.8. The molecule has 8 heteroatoms. The lowest BCUT2D eigenvalue weighted by Crippen LogP contribution is -2.67. The predicted molar refractivity (Wildman–Crippen MR) is 153 cm³/mol. The Morgan fingerprint density at radius 2 is 1.32 bits per heavy atom. The molecule has 0 amide bonds. The van der Waals surface area contributed by atoms with Crippen LogP contribution >= 0.6 is 7.60 Å². The standard InChI is InChI=1S/C29H43O6PSi/c1-23(2)34-36(31,35-24(3)4)20-19-26(21-32-25(5)30)22-33-37(29(6,7)8,27-15-11-9-12-16-27)28-17-13-10-14-18-28/h9-20,23-24,26H,21-22H2,1-8H3/b20-19+. The molecule has 0 radical (unpaired) electrons. The van der Waals surface area contributed by atoms with E-state index in [1.54, 1.807) is 6.08 Å². The highest BCUT2D eigenvalue weighted by molar-refractivity contribution is 7.57. The molecular weight excluding hydrogens is 503 g/mol. The number of carbonyl (C=O) groups excluding carboxylic acids is 1. The highest BCUT2D eigenvalue weighted by Crippen LogP contribution is 2.52. The van der Waals surface area contributed by atoms with Gasteiger partial charge in [-0.15, -0.1) is 0 Å². The summed E-state index contributed by atoms with van der Waals surface area (Å²) in [5, 5.41) is 2.10. The lowest BCUT2D eigenvalue weighted by atomic mass is 10.2. The van der Waals surface area contributed by atoms with E-state index in [0.29, 0.717) is 0 Å². The fourth-order valence-electron chi connectivity index (χ4n) is 4.29. The Labute approximate surface area is 224 Å². The third-order valence-corrected chi connectivity index (χ3v) is 12.7. The number of ether oxygens (including phenoxy) is 1. The second-order valence-electron chi connectivity index (χ2n) is 10.7. The van der Waals surface area contributed by atoms with Crippen molar-refractivity contribution in [2.45, 2.75) is 72.6 Å². The van der Waals surface area contributed by atoms with Crippen molar-refractivity contribution < 1.29 is 27.6 Å². The van der Waals surface area contributed by atoms with Gasteiger partial charge in [0.2, 0.25) is 0 Å². The maximum Gasteiger partial charge on any atom is 0.354 e. The third-order valence-electron chi connectivity index (χ3n) is 5.69. The molecule has 0 fully saturated rings. The first-order chi connectivity index (χ1) is 17.3. The summed E-state index contributed by atoms with van der Waals surface area (Å²) in [6.45, 7) is 15.6. The van der Waals surface area contributed by atoms with Crippen LogP contribution in [0.2, 0.25) is 5.04 Å². The van der Waals surface area contributed by atoms with Crippen molar-refractivity contribution in [1.82, 2.24) is 0 Å². The topological polar surface area (TPSA) is 71.1 Å². The summed E-state index contributed by atoms with van der Waals surface area (Å²) >= 11 is 0. The Balaban J connectivity index is 2.50. The van der Waals surface area contributed by atoms with E-state index in [1.165, 1.54) is 12.7 Å². The number of benzene rings is 2. The lowest BCUT2D eigenvalue weighted by Gasteiger charge is -2.43. The van der Waals surface area contributed by atoms with Crippen molar-refractivity contribution in [3.8, 4) is 0 Å². The summed E-state index contributed by atoms with van der Waals surface area (Å²) < 4.78 is 37.1. The van der Waals surface area contributed by atoms with E-state index < -0.39 is 15.9 Å². The van der Waals surface area contributed by atoms with Gasteiger partial charge in [-0.2, -0.15) is 0 Å². The molecule has 2 rings (SSSR count). The minimum atomic E-state index is -3.51. The molecule has 0 aliphatic carbocycles. The molecule has 1 unspecified atom stereocenters. The number of carbonyl (C=O) groups is 1. The zero-order valence-electron chi connectivity index (χ0n) is 23.5. The smallest absolute Gasteiger partial charge is 0.354 e. The molecular formula is C29H43O6PSi. The van der Waals surface area contributed by atoms with Gasteiger partial charge in [0, 0.05) is 25.3 Å². The fraction of sp³-hybridized carbons (Fsp3) is 0.483. The van der Waals surface area contributed by atoms with Gasteiger partial charge in [0.15, 0.2) is 0 Å². The van der Waals surface area contributed by atoms with Gasteiger partial charge in [-0.3, -0.25) is 9.36 Å². The minimum Gasteiger partial charge on any atom is -0.465 e. The van der Waals surface area contributed by atoms with Crippen LogP contribution < -0.4 is 10.4 Å². The quantitative estimate of drug-likeness (QED) is 0.167. The SMILES string of the molecule is CC(=O)OCC(/C=C/P(=O)(OC(C)C)OC(C)C)CO[Si](c1ccccc1)(c1ccccc1)C(C)(C)C. The van der Waals surface area contributed by atoms with Gasteiger partial charge in [-0.05, 0) is 43.1 Å². The molecule has 0 N–H and O–H groups in total. The Bertz CT molecular complexity index is 994. The van der Waals surface area contributed by atoms with E-state index in [9.17, 15) is 9.36 Å². The summed E-state index contributed by atoms with van der Waals surface area (Å²) in [5.41, 5.74) is 0. The molecule has 2 aromatic rings. The van der Waals surface area contributed by atoms with Crippen LogP contribution in [0.1, 0.15) is 55.4 Å². The van der Waals surface area contributed by atoms with Gasteiger partial charge in [0.1, 0.15) is 0 Å². The maximum absolute atomic E-state index is 13.4. The predicted octanol–water partition coefficient (Wildman–Crippen LogP) is 6.30. The zero-order chi connectivity index (χ0) is 27.7. The second kappa shape index (κ2) is 13.7. The van der Waals surface area contributed by atoms with Crippen molar-refractivity contribution in [3.05, 3.63) is 72.6 Å². The first-order valence-corrected chi connectivity index (χ1v) is 16.4. The number of hydrogen-bond acceptors (Lipinski definition) is 6.